The summed E-state index contributed by atoms with van der Waals surface area (Å²) in [5, 5.41) is 9.55. The van der Waals surface area contributed by atoms with Crippen LogP contribution < -0.4 is 10.2 Å². The van der Waals surface area contributed by atoms with Crippen LogP contribution in [0.25, 0.3) is 10.9 Å². The van der Waals surface area contributed by atoms with Crippen molar-refractivity contribution >= 4 is 51.4 Å². The summed E-state index contributed by atoms with van der Waals surface area (Å²) >= 11 is 13.0. The monoisotopic (exact) mass is 493 g/mol. The molecule has 1 saturated heterocycles. The van der Waals surface area contributed by atoms with E-state index in [2.05, 4.69) is 30.2 Å². The minimum atomic E-state index is -2.49. The van der Waals surface area contributed by atoms with Crippen LogP contribution in [0.1, 0.15) is 31.7 Å². The maximum Gasteiger partial charge on any atom is 0.251 e. The van der Waals surface area contributed by atoms with Gasteiger partial charge in [0.1, 0.15) is 0 Å². The first-order valence-corrected chi connectivity index (χ1v) is 11.9. The lowest BCUT2D eigenvalue weighted by molar-refractivity contribution is -0.124. The Hall–Kier alpha value is -2.23. The van der Waals surface area contributed by atoms with Gasteiger partial charge in [0.2, 0.25) is 5.95 Å². The molecule has 1 aliphatic heterocycles. The van der Waals surface area contributed by atoms with Crippen molar-refractivity contribution in [2.75, 3.05) is 36.4 Å². The molecule has 2 saturated carbocycles. The zero-order chi connectivity index (χ0) is 22.7. The highest BCUT2D eigenvalue weighted by Crippen LogP contribution is 2.41. The molecule has 0 bridgehead atoms. The first kappa shape index (κ1) is 21.3. The van der Waals surface area contributed by atoms with E-state index in [1.165, 1.54) is 0 Å². The van der Waals surface area contributed by atoms with Crippen LogP contribution in [0.5, 0.6) is 0 Å². The molecule has 7 nitrogen and oxygen atoms in total. The van der Waals surface area contributed by atoms with E-state index in [-0.39, 0.29) is 18.9 Å². The van der Waals surface area contributed by atoms with Gasteiger partial charge in [-0.3, -0.25) is 4.90 Å². The highest BCUT2D eigenvalue weighted by atomic mass is 35.5. The molecule has 0 atom stereocenters. The molecule has 3 aromatic rings. The highest BCUT2D eigenvalue weighted by Gasteiger charge is 2.48. The van der Waals surface area contributed by atoms with Crippen LogP contribution in [-0.2, 0) is 0 Å². The lowest BCUT2D eigenvalue weighted by atomic mass is 9.86. The van der Waals surface area contributed by atoms with Crippen molar-refractivity contribution in [3.63, 3.8) is 0 Å². The molecule has 3 aliphatic rings. The number of alkyl halides is 2. The third-order valence-electron chi connectivity index (χ3n) is 6.76. The number of anilines is 3. The van der Waals surface area contributed by atoms with Crippen molar-refractivity contribution in [1.29, 1.82) is 0 Å². The first-order valence-electron chi connectivity index (χ1n) is 11.2. The Morgan fingerprint density at radius 2 is 1.76 bits per heavy atom. The van der Waals surface area contributed by atoms with E-state index < -0.39 is 5.92 Å². The summed E-state index contributed by atoms with van der Waals surface area (Å²) < 4.78 is 28.3. The molecule has 3 heterocycles. The Bertz CT molecular complexity index is 1200. The van der Waals surface area contributed by atoms with Crippen molar-refractivity contribution in [3.05, 3.63) is 34.7 Å². The Labute approximate surface area is 199 Å². The fraction of sp³-hybridized carbons (Fsp3) is 0.500. The maximum absolute atomic E-state index is 13.2. The topological polar surface area (TPSA) is 62.1 Å². The van der Waals surface area contributed by atoms with Crippen molar-refractivity contribution in [3.8, 4) is 0 Å². The predicted octanol–water partition coefficient (Wildman–Crippen LogP) is 5.13. The van der Waals surface area contributed by atoms with E-state index in [0.717, 1.165) is 55.6 Å². The van der Waals surface area contributed by atoms with Crippen LogP contribution in [0.2, 0.25) is 10.2 Å². The summed E-state index contributed by atoms with van der Waals surface area (Å²) in [5.74, 6) is -2.06. The van der Waals surface area contributed by atoms with Crippen molar-refractivity contribution in [2.45, 2.75) is 43.7 Å². The highest BCUT2D eigenvalue weighted by molar-refractivity contribution is 6.34. The van der Waals surface area contributed by atoms with Gasteiger partial charge < -0.3 is 10.2 Å². The van der Waals surface area contributed by atoms with Gasteiger partial charge in [-0.2, -0.15) is 5.10 Å². The van der Waals surface area contributed by atoms with Crippen molar-refractivity contribution in [2.24, 2.45) is 0 Å². The molecular formula is C22H23Cl2F2N7. The molecule has 0 unspecified atom stereocenters. The molecule has 3 fully saturated rings. The van der Waals surface area contributed by atoms with E-state index in [1.807, 2.05) is 16.8 Å². The van der Waals surface area contributed by atoms with Crippen LogP contribution >= 0.6 is 23.2 Å². The molecule has 11 heteroatoms. The lowest BCUT2D eigenvalue weighted by Gasteiger charge is -2.46. The van der Waals surface area contributed by atoms with Gasteiger partial charge in [-0.25, -0.2) is 23.4 Å². The third kappa shape index (κ3) is 4.11. The van der Waals surface area contributed by atoms with Gasteiger partial charge in [-0.1, -0.05) is 23.2 Å². The van der Waals surface area contributed by atoms with E-state index in [4.69, 9.17) is 23.2 Å². The summed E-state index contributed by atoms with van der Waals surface area (Å²) in [6.07, 6.45) is 5.56. The number of hydrogen-bond donors (Lipinski definition) is 1. The van der Waals surface area contributed by atoms with Gasteiger partial charge in [0, 0.05) is 56.6 Å². The van der Waals surface area contributed by atoms with Crippen molar-refractivity contribution < 1.29 is 8.78 Å². The van der Waals surface area contributed by atoms with E-state index in [1.54, 1.807) is 12.4 Å². The summed E-state index contributed by atoms with van der Waals surface area (Å²) in [5.41, 5.74) is 2.33. The molecule has 6 rings (SSSR count). The normalized spacial score (nSPS) is 21.4. The zero-order valence-electron chi connectivity index (χ0n) is 17.8. The van der Waals surface area contributed by atoms with E-state index >= 15 is 0 Å². The minimum absolute atomic E-state index is 0.00769. The number of hydrogen-bond acceptors (Lipinski definition) is 6. The van der Waals surface area contributed by atoms with Gasteiger partial charge in [-0.05, 0) is 25.0 Å². The van der Waals surface area contributed by atoms with Gasteiger partial charge >= 0.3 is 0 Å². The number of aromatic nitrogens is 4. The average Bonchev–Trinajstić information content (AvgIpc) is 3.56. The molecule has 0 spiro atoms. The second-order valence-electron chi connectivity index (χ2n) is 9.15. The largest absolute Gasteiger partial charge is 0.368 e. The van der Waals surface area contributed by atoms with Gasteiger partial charge in [0.15, 0.2) is 5.15 Å². The predicted molar refractivity (Wildman–Crippen MR) is 125 cm³/mol. The molecule has 0 radical (unpaired) electrons. The van der Waals surface area contributed by atoms with Gasteiger partial charge in [-0.15, -0.1) is 0 Å². The standard InChI is InChI=1S/C22H23Cl2F2N7/c23-16-7-13-11-27-21(30-18-12-28-33(20(18)24)14-1-2-14)29-17(13)8-19(16)32-5-3-31(4-6-32)15-9-22(25,26)10-15/h7-8,11-12,14-15H,1-6,9-10H2,(H,27,29,30). The van der Waals surface area contributed by atoms with Gasteiger partial charge in [0.05, 0.1) is 34.2 Å². The molecule has 2 aliphatic carbocycles. The summed E-state index contributed by atoms with van der Waals surface area (Å²) in [6, 6.07) is 4.21. The quantitative estimate of drug-likeness (QED) is 0.531. The molecule has 2 aromatic heterocycles. The Balaban J connectivity index is 1.19. The molecule has 0 amide bonds. The van der Waals surface area contributed by atoms with Crippen LogP contribution in [0.4, 0.5) is 26.1 Å². The number of nitrogens with zero attached hydrogens (tertiary/aromatic N) is 6. The number of halogens is 4. The number of nitrogens with one attached hydrogen (secondary N) is 1. The van der Waals surface area contributed by atoms with Crippen LogP contribution in [0, 0.1) is 0 Å². The van der Waals surface area contributed by atoms with Crippen molar-refractivity contribution in [1.82, 2.24) is 24.6 Å². The fourth-order valence-electron chi connectivity index (χ4n) is 4.68. The maximum atomic E-state index is 13.2. The molecule has 33 heavy (non-hydrogen) atoms. The summed E-state index contributed by atoms with van der Waals surface area (Å²) in [7, 11) is 0. The molecule has 174 valence electrons. The summed E-state index contributed by atoms with van der Waals surface area (Å²) in [6.45, 7) is 2.96. The third-order valence-corrected chi connectivity index (χ3v) is 7.44. The second-order valence-corrected chi connectivity index (χ2v) is 9.91. The van der Waals surface area contributed by atoms with Crippen LogP contribution in [0.3, 0.4) is 0 Å². The number of rotatable bonds is 5. The van der Waals surface area contributed by atoms with E-state index in [0.29, 0.717) is 27.9 Å². The summed E-state index contributed by atoms with van der Waals surface area (Å²) in [4.78, 5) is 13.4. The van der Waals surface area contributed by atoms with Crippen LogP contribution in [0.15, 0.2) is 24.5 Å². The SMILES string of the molecule is FC1(F)CC(N2CCN(c3cc4nc(Nc5cnn(C6CC6)c5Cl)ncc4cc3Cl)CC2)C1. The Morgan fingerprint density at radius 1 is 1.00 bits per heavy atom. The van der Waals surface area contributed by atoms with E-state index in [9.17, 15) is 8.78 Å². The lowest BCUT2D eigenvalue weighted by Crippen LogP contribution is -2.57. The number of fused-ring (bicyclic) bond motifs is 1. The van der Waals surface area contributed by atoms with Crippen LogP contribution in [-0.4, -0.2) is 62.8 Å². The zero-order valence-corrected chi connectivity index (χ0v) is 19.3. The average molecular weight is 494 g/mol. The molecule has 1 N–H and O–H groups in total. The van der Waals surface area contributed by atoms with Gasteiger partial charge in [0.25, 0.3) is 5.92 Å². The molecule has 1 aromatic carbocycles. The smallest absolute Gasteiger partial charge is 0.251 e. The Morgan fingerprint density at radius 3 is 2.45 bits per heavy atom. The number of piperazine rings is 1. The second kappa shape index (κ2) is 7.92. The fourth-order valence-corrected chi connectivity index (χ4v) is 5.25. The first-order chi connectivity index (χ1) is 15.9. The molecular weight excluding hydrogens is 471 g/mol. The number of benzene rings is 1. The Kier molecular flexibility index (Phi) is 5.12. The minimum Gasteiger partial charge on any atom is -0.368 e.